The Morgan fingerprint density at radius 1 is 0.914 bits per heavy atom. The van der Waals surface area contributed by atoms with E-state index in [1.807, 2.05) is 18.3 Å². The third kappa shape index (κ3) is 4.64. The molecule has 4 heteroatoms. The molecule has 1 N–H and O–H groups in total. The van der Waals surface area contributed by atoms with Gasteiger partial charge in [0.2, 0.25) is 0 Å². The Morgan fingerprint density at radius 2 is 1.51 bits per heavy atom. The van der Waals surface area contributed by atoms with Gasteiger partial charge in [0.15, 0.2) is 5.78 Å². The molecule has 6 rings (SSSR count). The number of carbonyl (C=O) groups excluding carboxylic acids is 1. The Morgan fingerprint density at radius 3 is 2.06 bits per heavy atom. The van der Waals surface area contributed by atoms with Gasteiger partial charge in [0, 0.05) is 37.8 Å². The smallest absolute Gasteiger partial charge is 0.155 e. The third-order valence-corrected chi connectivity index (χ3v) is 6.65. The second kappa shape index (κ2) is 10.1. The van der Waals surface area contributed by atoms with Crippen LogP contribution in [0.25, 0.3) is 22.4 Å². The number of benzene rings is 3. The topological polar surface area (TPSA) is 50.2 Å². The second-order valence-corrected chi connectivity index (χ2v) is 9.04. The van der Waals surface area contributed by atoms with E-state index in [0.717, 1.165) is 24.1 Å². The summed E-state index contributed by atoms with van der Waals surface area (Å²) in [6.45, 7) is 2.85. The van der Waals surface area contributed by atoms with Crippen molar-refractivity contribution in [2.75, 3.05) is 0 Å². The first-order valence-corrected chi connectivity index (χ1v) is 11.5. The number of hydrogen-bond donors (Lipinski definition) is 1. The van der Waals surface area contributed by atoms with E-state index in [1.54, 1.807) is 0 Å². The average molecular weight is 637 g/mol. The fraction of sp³-hybridized carbons (Fsp3) is 0.161. The van der Waals surface area contributed by atoms with Crippen LogP contribution in [0.5, 0.6) is 0 Å². The van der Waals surface area contributed by atoms with Gasteiger partial charge in [-0.25, -0.2) is 0 Å². The molecule has 177 valence electrons. The first-order valence-electron chi connectivity index (χ1n) is 11.5. The molecule has 4 aromatic rings. The molecule has 35 heavy (non-hydrogen) atoms. The van der Waals surface area contributed by atoms with Gasteiger partial charge in [-0.15, -0.1) is 34.9 Å². The number of nitrogens with zero attached hydrogens (tertiary/aromatic N) is 1. The van der Waals surface area contributed by atoms with Gasteiger partial charge >= 0.3 is 0 Å². The first-order chi connectivity index (χ1) is 16.5. The van der Waals surface area contributed by atoms with Crippen LogP contribution < -0.4 is 0 Å². The largest absolute Gasteiger partial charge is 0.512 e. The summed E-state index contributed by atoms with van der Waals surface area (Å²) in [5, 5.41) is 8.36. The van der Waals surface area contributed by atoms with Crippen LogP contribution in [0.3, 0.4) is 0 Å². The van der Waals surface area contributed by atoms with Crippen molar-refractivity contribution in [2.45, 2.75) is 32.1 Å². The van der Waals surface area contributed by atoms with E-state index in [2.05, 4.69) is 77.8 Å². The molecule has 3 aromatic carbocycles. The van der Waals surface area contributed by atoms with Gasteiger partial charge < -0.3 is 10.1 Å². The predicted molar refractivity (Wildman–Crippen MR) is 136 cm³/mol. The molecular formula is C31H26IrNO2-. The number of aromatic nitrogens is 1. The van der Waals surface area contributed by atoms with Gasteiger partial charge in [0.25, 0.3) is 0 Å². The van der Waals surface area contributed by atoms with Gasteiger partial charge in [-0.3, -0.25) is 4.79 Å². The number of allylic oxidation sites excluding steroid dienone is 2. The molecule has 1 heterocycles. The van der Waals surface area contributed by atoms with E-state index in [0.29, 0.717) is 0 Å². The van der Waals surface area contributed by atoms with Crippen molar-refractivity contribution in [2.24, 2.45) is 0 Å². The molecule has 2 aliphatic rings. The maximum Gasteiger partial charge on any atom is 0.155 e. The zero-order valence-electron chi connectivity index (χ0n) is 19.7. The Bertz CT molecular complexity index is 1360. The Kier molecular flexibility index (Phi) is 7.16. The van der Waals surface area contributed by atoms with Crippen LogP contribution in [0.15, 0.2) is 96.9 Å². The molecule has 0 amide bonds. The normalized spacial score (nSPS) is 14.2. The molecule has 0 saturated carbocycles. The molecule has 1 radical (unpaired) electrons. The number of carbonyl (C=O) groups is 1. The molecule has 0 atom stereocenters. The number of pyridine rings is 1. The molecule has 0 unspecified atom stereocenters. The standard InChI is InChI=1S/C26H18N.C5H8O2.Ir/c1-3-9-23-21(7-1)22-8-2-4-10-24(22)26(23)16-19-13-12-18(15-20(19)17-26)25-11-5-6-14-27-25;1-4(6)3-5(2)7;/h1-11,13-15H,16-17H2;3,6H,1-2H3;/q-1;;/b;4-3-;. The maximum atomic E-state index is 10.0. The van der Waals surface area contributed by atoms with E-state index < -0.39 is 0 Å². The van der Waals surface area contributed by atoms with Crippen molar-refractivity contribution in [3.63, 3.8) is 0 Å². The minimum Gasteiger partial charge on any atom is -0.512 e. The quantitative estimate of drug-likeness (QED) is 0.152. The van der Waals surface area contributed by atoms with E-state index in [9.17, 15) is 4.79 Å². The molecule has 3 nitrogen and oxygen atoms in total. The number of aliphatic hydroxyl groups is 1. The molecule has 0 aliphatic heterocycles. The van der Waals surface area contributed by atoms with E-state index in [4.69, 9.17) is 5.11 Å². The van der Waals surface area contributed by atoms with Gasteiger partial charge in [0.1, 0.15) is 0 Å². The van der Waals surface area contributed by atoms with Crippen LogP contribution in [0.4, 0.5) is 0 Å². The van der Waals surface area contributed by atoms with E-state index in [1.165, 1.54) is 53.3 Å². The van der Waals surface area contributed by atoms with Crippen molar-refractivity contribution in [3.05, 3.63) is 125 Å². The van der Waals surface area contributed by atoms with Crippen molar-refractivity contribution in [1.82, 2.24) is 4.98 Å². The van der Waals surface area contributed by atoms with Crippen LogP contribution in [-0.2, 0) is 43.2 Å². The molecule has 0 saturated heterocycles. The molecular weight excluding hydrogens is 611 g/mol. The first kappa shape index (κ1) is 24.8. The second-order valence-electron chi connectivity index (χ2n) is 9.04. The minimum atomic E-state index is -0.125. The van der Waals surface area contributed by atoms with Gasteiger partial charge in [-0.05, 0) is 60.7 Å². The van der Waals surface area contributed by atoms with Gasteiger partial charge in [-0.1, -0.05) is 60.7 Å². The molecule has 0 fully saturated rings. The van der Waals surface area contributed by atoms with Crippen LogP contribution in [-0.4, -0.2) is 15.9 Å². The maximum absolute atomic E-state index is 10.0. The average Bonchev–Trinajstić information content (AvgIpc) is 3.35. The number of aliphatic hydroxyl groups excluding tert-OH is 1. The monoisotopic (exact) mass is 637 g/mol. The third-order valence-electron chi connectivity index (χ3n) is 6.65. The predicted octanol–water partition coefficient (Wildman–Crippen LogP) is 6.65. The summed E-state index contributed by atoms with van der Waals surface area (Å²) < 4.78 is 0. The summed E-state index contributed by atoms with van der Waals surface area (Å²) in [6, 6.07) is 31.9. The number of fused-ring (bicyclic) bond motifs is 6. The van der Waals surface area contributed by atoms with Crippen molar-refractivity contribution >= 4 is 5.78 Å². The van der Waals surface area contributed by atoms with Crippen LogP contribution in [0.1, 0.15) is 36.1 Å². The molecule has 1 aromatic heterocycles. The fourth-order valence-corrected chi connectivity index (χ4v) is 5.37. The van der Waals surface area contributed by atoms with E-state index >= 15 is 0 Å². The summed E-state index contributed by atoms with van der Waals surface area (Å²) >= 11 is 0. The van der Waals surface area contributed by atoms with E-state index in [-0.39, 0.29) is 37.1 Å². The van der Waals surface area contributed by atoms with Crippen LogP contribution in [0, 0.1) is 6.07 Å². The zero-order valence-corrected chi connectivity index (χ0v) is 22.1. The van der Waals surface area contributed by atoms with Crippen molar-refractivity contribution < 1.29 is 30.0 Å². The van der Waals surface area contributed by atoms with Gasteiger partial charge in [0.05, 0.1) is 5.76 Å². The number of ketones is 1. The van der Waals surface area contributed by atoms with Gasteiger partial charge in [-0.2, -0.15) is 0 Å². The Hall–Kier alpha value is -3.33. The summed E-state index contributed by atoms with van der Waals surface area (Å²) in [6.07, 6.45) is 5.11. The summed E-state index contributed by atoms with van der Waals surface area (Å²) in [5.41, 5.74) is 10.7. The Labute approximate surface area is 219 Å². The Balaban J connectivity index is 0.000000320. The molecule has 1 spiro atoms. The van der Waals surface area contributed by atoms with Crippen molar-refractivity contribution in [1.29, 1.82) is 0 Å². The fourth-order valence-electron chi connectivity index (χ4n) is 5.37. The number of rotatable bonds is 2. The SMILES string of the molecule is CC(=O)/C=C(/C)O.[Ir].[c-]1cc2c(cc1-c1ccccn1)CC1(C2)c2ccccc2-c2ccccc21. The minimum absolute atomic E-state index is 0. The number of hydrogen-bond acceptors (Lipinski definition) is 3. The molecule has 2 aliphatic carbocycles. The summed E-state index contributed by atoms with van der Waals surface area (Å²) in [4.78, 5) is 14.5. The van der Waals surface area contributed by atoms with Crippen LogP contribution >= 0.6 is 0 Å². The van der Waals surface area contributed by atoms with Crippen LogP contribution in [0.2, 0.25) is 0 Å². The zero-order chi connectivity index (χ0) is 23.7. The molecule has 0 bridgehead atoms. The van der Waals surface area contributed by atoms with Crippen molar-refractivity contribution in [3.8, 4) is 22.4 Å². The summed E-state index contributed by atoms with van der Waals surface area (Å²) in [5.74, 6) is -0.0625. The summed E-state index contributed by atoms with van der Waals surface area (Å²) in [7, 11) is 0.